The number of nitrogens with zero attached hydrogens (tertiary/aromatic N) is 2. The molecule has 1 aliphatic heterocycles. The summed E-state index contributed by atoms with van der Waals surface area (Å²) >= 11 is 7.13. The van der Waals surface area contributed by atoms with E-state index in [4.69, 9.17) is 16.1 Å². The van der Waals surface area contributed by atoms with Crippen LogP contribution in [-0.2, 0) is 9.59 Å². The van der Waals surface area contributed by atoms with Crippen LogP contribution >= 0.6 is 23.4 Å². The molecule has 1 saturated heterocycles. The zero-order valence-corrected chi connectivity index (χ0v) is 14.1. The first-order valence-corrected chi connectivity index (χ1v) is 8.55. The Bertz CT molecular complexity index is 729. The maximum atomic E-state index is 12.1. The molecule has 0 aliphatic carbocycles. The highest BCUT2D eigenvalue weighted by molar-refractivity contribution is 8.13. The van der Waals surface area contributed by atoms with Gasteiger partial charge in [-0.15, -0.1) is 0 Å². The molecule has 1 aromatic heterocycles. The van der Waals surface area contributed by atoms with Gasteiger partial charge in [0.05, 0.1) is 0 Å². The van der Waals surface area contributed by atoms with E-state index in [2.05, 4.69) is 5.16 Å². The quantitative estimate of drug-likeness (QED) is 0.842. The SMILES string of the molecule is CC(=O)SCC1CC(=O)N(c2cc(-c3ccc(Cl)cc3)no2)C1. The van der Waals surface area contributed by atoms with Crippen LogP contribution in [0.4, 0.5) is 5.88 Å². The number of amides is 1. The fraction of sp³-hybridized carbons (Fsp3) is 0.312. The molecule has 1 atom stereocenters. The highest BCUT2D eigenvalue weighted by Gasteiger charge is 2.33. The highest BCUT2D eigenvalue weighted by atomic mass is 35.5. The van der Waals surface area contributed by atoms with E-state index in [-0.39, 0.29) is 16.9 Å². The highest BCUT2D eigenvalue weighted by Crippen LogP contribution is 2.30. The number of aromatic nitrogens is 1. The molecule has 3 rings (SSSR count). The van der Waals surface area contributed by atoms with Crippen molar-refractivity contribution in [1.29, 1.82) is 0 Å². The van der Waals surface area contributed by atoms with Crippen LogP contribution in [0.3, 0.4) is 0 Å². The molecule has 0 saturated carbocycles. The van der Waals surface area contributed by atoms with Crippen molar-refractivity contribution in [2.75, 3.05) is 17.2 Å². The summed E-state index contributed by atoms with van der Waals surface area (Å²) in [5.41, 5.74) is 1.53. The van der Waals surface area contributed by atoms with Gasteiger partial charge in [-0.1, -0.05) is 40.7 Å². The summed E-state index contributed by atoms with van der Waals surface area (Å²) in [7, 11) is 0. The standard InChI is InChI=1S/C16H15ClN2O3S/c1-10(20)23-9-11-6-15(21)19(8-11)16-7-14(18-22-16)12-2-4-13(17)5-3-12/h2-5,7,11H,6,8-9H2,1H3. The molecule has 0 bridgehead atoms. The van der Waals surface area contributed by atoms with Crippen molar-refractivity contribution >= 4 is 40.3 Å². The average Bonchev–Trinajstić information content (AvgIpc) is 3.12. The third kappa shape index (κ3) is 3.76. The third-order valence-corrected chi connectivity index (χ3v) is 4.93. The fourth-order valence-electron chi connectivity index (χ4n) is 2.49. The van der Waals surface area contributed by atoms with Crippen LogP contribution in [0.15, 0.2) is 34.9 Å². The summed E-state index contributed by atoms with van der Waals surface area (Å²) in [4.78, 5) is 24.8. The lowest BCUT2D eigenvalue weighted by Gasteiger charge is -2.11. The van der Waals surface area contributed by atoms with Crippen LogP contribution in [0.1, 0.15) is 13.3 Å². The van der Waals surface area contributed by atoms with Gasteiger partial charge >= 0.3 is 0 Å². The van der Waals surface area contributed by atoms with Gasteiger partial charge in [0, 0.05) is 42.3 Å². The smallest absolute Gasteiger partial charge is 0.234 e. The molecule has 0 spiro atoms. The summed E-state index contributed by atoms with van der Waals surface area (Å²) in [6.45, 7) is 2.09. The van der Waals surface area contributed by atoms with Gasteiger partial charge in [0.15, 0.2) is 5.12 Å². The van der Waals surface area contributed by atoms with E-state index in [0.29, 0.717) is 35.3 Å². The zero-order chi connectivity index (χ0) is 16.4. The second-order valence-corrected chi connectivity index (χ2v) is 7.07. The monoisotopic (exact) mass is 350 g/mol. The summed E-state index contributed by atoms with van der Waals surface area (Å²) in [6.07, 6.45) is 0.428. The number of halogens is 1. The number of hydrogen-bond donors (Lipinski definition) is 0. The Morgan fingerprint density at radius 2 is 2.17 bits per heavy atom. The van der Waals surface area contributed by atoms with Crippen LogP contribution in [0.5, 0.6) is 0 Å². The number of carbonyl (C=O) groups excluding carboxylic acids is 2. The second-order valence-electron chi connectivity index (χ2n) is 5.43. The van der Waals surface area contributed by atoms with E-state index in [0.717, 1.165) is 5.56 Å². The van der Waals surface area contributed by atoms with E-state index >= 15 is 0 Å². The Balaban J connectivity index is 1.71. The number of hydrogen-bond acceptors (Lipinski definition) is 5. The normalized spacial score (nSPS) is 17.7. The molecule has 1 amide bonds. The lowest BCUT2D eigenvalue weighted by Crippen LogP contribution is -2.24. The number of benzene rings is 1. The Morgan fingerprint density at radius 1 is 1.43 bits per heavy atom. The molecular formula is C16H15ClN2O3S. The van der Waals surface area contributed by atoms with Crippen molar-refractivity contribution in [3.8, 4) is 11.3 Å². The van der Waals surface area contributed by atoms with Crippen molar-refractivity contribution in [2.45, 2.75) is 13.3 Å². The van der Waals surface area contributed by atoms with Crippen LogP contribution in [0, 0.1) is 5.92 Å². The number of thioether (sulfide) groups is 1. The predicted octanol–water partition coefficient (Wildman–Crippen LogP) is 3.63. The van der Waals surface area contributed by atoms with Gasteiger partial charge in [0.2, 0.25) is 11.8 Å². The summed E-state index contributed by atoms with van der Waals surface area (Å²) in [5, 5.41) is 4.74. The lowest BCUT2D eigenvalue weighted by atomic mass is 10.1. The van der Waals surface area contributed by atoms with Crippen molar-refractivity contribution in [2.24, 2.45) is 5.92 Å². The first-order chi connectivity index (χ1) is 11.0. The van der Waals surface area contributed by atoms with E-state index < -0.39 is 0 Å². The molecule has 120 valence electrons. The zero-order valence-electron chi connectivity index (χ0n) is 12.5. The first kappa shape index (κ1) is 16.1. The van der Waals surface area contributed by atoms with Crippen LogP contribution in [0.2, 0.25) is 5.02 Å². The maximum Gasteiger partial charge on any atom is 0.234 e. The Labute approximate surface area is 143 Å². The molecule has 5 nitrogen and oxygen atoms in total. The average molecular weight is 351 g/mol. The minimum Gasteiger partial charge on any atom is -0.338 e. The molecule has 7 heteroatoms. The molecule has 2 heterocycles. The molecule has 1 unspecified atom stereocenters. The molecule has 0 N–H and O–H groups in total. The molecule has 0 radical (unpaired) electrons. The van der Waals surface area contributed by atoms with Crippen LogP contribution in [0.25, 0.3) is 11.3 Å². The van der Waals surface area contributed by atoms with Gasteiger partial charge in [0.1, 0.15) is 5.69 Å². The number of rotatable bonds is 4. The molecule has 1 fully saturated rings. The number of carbonyl (C=O) groups is 2. The van der Waals surface area contributed by atoms with Crippen molar-refractivity contribution in [3.05, 3.63) is 35.4 Å². The lowest BCUT2D eigenvalue weighted by molar-refractivity contribution is -0.117. The summed E-state index contributed by atoms with van der Waals surface area (Å²) in [6, 6.07) is 9.01. The molecule has 1 aliphatic rings. The van der Waals surface area contributed by atoms with Crippen molar-refractivity contribution in [3.63, 3.8) is 0 Å². The van der Waals surface area contributed by atoms with Gasteiger partial charge in [-0.2, -0.15) is 0 Å². The third-order valence-electron chi connectivity index (χ3n) is 3.63. The fourth-order valence-corrected chi connectivity index (χ4v) is 3.31. The Kier molecular flexibility index (Phi) is 4.73. The molecule has 2 aromatic rings. The van der Waals surface area contributed by atoms with Gasteiger partial charge < -0.3 is 4.52 Å². The maximum absolute atomic E-state index is 12.1. The number of anilines is 1. The van der Waals surface area contributed by atoms with Gasteiger partial charge in [-0.25, -0.2) is 0 Å². The van der Waals surface area contributed by atoms with Gasteiger partial charge in [-0.3, -0.25) is 14.5 Å². The molecule has 23 heavy (non-hydrogen) atoms. The Hall–Kier alpha value is -1.79. The van der Waals surface area contributed by atoms with Crippen molar-refractivity contribution < 1.29 is 14.1 Å². The minimum atomic E-state index is -0.00189. The van der Waals surface area contributed by atoms with Crippen molar-refractivity contribution in [1.82, 2.24) is 5.16 Å². The van der Waals surface area contributed by atoms with E-state index in [1.165, 1.54) is 18.7 Å². The summed E-state index contributed by atoms with van der Waals surface area (Å²) < 4.78 is 5.33. The van der Waals surface area contributed by atoms with Gasteiger partial charge in [-0.05, 0) is 18.1 Å². The van der Waals surface area contributed by atoms with Crippen LogP contribution in [-0.4, -0.2) is 28.5 Å². The summed E-state index contributed by atoms with van der Waals surface area (Å²) in [5.74, 6) is 1.24. The second kappa shape index (κ2) is 6.76. The topological polar surface area (TPSA) is 63.4 Å². The Morgan fingerprint density at radius 3 is 2.87 bits per heavy atom. The van der Waals surface area contributed by atoms with Gasteiger partial charge in [0.25, 0.3) is 0 Å². The molecular weight excluding hydrogens is 336 g/mol. The largest absolute Gasteiger partial charge is 0.338 e. The first-order valence-electron chi connectivity index (χ1n) is 7.19. The van der Waals surface area contributed by atoms with E-state index in [1.54, 1.807) is 23.1 Å². The molecule has 1 aromatic carbocycles. The van der Waals surface area contributed by atoms with E-state index in [1.807, 2.05) is 12.1 Å². The minimum absolute atomic E-state index is 0.00189. The van der Waals surface area contributed by atoms with E-state index in [9.17, 15) is 9.59 Å². The predicted molar refractivity (Wildman–Crippen MR) is 90.5 cm³/mol. The van der Waals surface area contributed by atoms with Crippen LogP contribution < -0.4 is 4.90 Å².